The van der Waals surface area contributed by atoms with Crippen LogP contribution >= 0.6 is 0 Å². The van der Waals surface area contributed by atoms with E-state index < -0.39 is 6.04 Å². The van der Waals surface area contributed by atoms with Crippen molar-refractivity contribution < 1.29 is 14.3 Å². The Morgan fingerprint density at radius 1 is 1.16 bits per heavy atom. The first-order valence-corrected chi connectivity index (χ1v) is 8.40. The Bertz CT molecular complexity index is 754. The fraction of sp³-hybridized carbons (Fsp3) is 0.300. The number of anilines is 1. The van der Waals surface area contributed by atoms with Crippen molar-refractivity contribution in [2.75, 3.05) is 18.1 Å². The van der Waals surface area contributed by atoms with Gasteiger partial charge in [-0.2, -0.15) is 0 Å². The fourth-order valence-electron chi connectivity index (χ4n) is 3.08. The summed E-state index contributed by atoms with van der Waals surface area (Å²) in [6, 6.07) is 14.7. The molecule has 130 valence electrons. The van der Waals surface area contributed by atoms with E-state index in [0.717, 1.165) is 16.8 Å². The van der Waals surface area contributed by atoms with E-state index in [1.807, 2.05) is 44.2 Å². The Labute approximate surface area is 147 Å². The second kappa shape index (κ2) is 7.38. The van der Waals surface area contributed by atoms with Crippen LogP contribution in [0.3, 0.4) is 0 Å². The van der Waals surface area contributed by atoms with Gasteiger partial charge in [0.1, 0.15) is 11.8 Å². The predicted molar refractivity (Wildman–Crippen MR) is 96.8 cm³/mol. The molecule has 0 radical (unpaired) electrons. The lowest BCUT2D eigenvalue weighted by molar-refractivity contribution is -0.127. The largest absolute Gasteiger partial charge is 0.484 e. The molecule has 3 rings (SSSR count). The SMILES string of the molecule is Cc1cc(C)cc(N2CCC(NC(=O)COc3ccccc3)C2=O)c1. The van der Waals surface area contributed by atoms with Crippen LogP contribution in [0.2, 0.25) is 0 Å². The van der Waals surface area contributed by atoms with Gasteiger partial charge in [-0.05, 0) is 55.7 Å². The van der Waals surface area contributed by atoms with Crippen LogP contribution in [0.4, 0.5) is 5.69 Å². The molecule has 2 aromatic carbocycles. The summed E-state index contributed by atoms with van der Waals surface area (Å²) in [5, 5.41) is 2.77. The van der Waals surface area contributed by atoms with Crippen molar-refractivity contribution in [1.82, 2.24) is 5.32 Å². The van der Waals surface area contributed by atoms with Crippen molar-refractivity contribution in [1.29, 1.82) is 0 Å². The third kappa shape index (κ3) is 4.18. The Balaban J connectivity index is 1.57. The molecule has 1 aliphatic rings. The third-order valence-electron chi connectivity index (χ3n) is 4.17. The van der Waals surface area contributed by atoms with Gasteiger partial charge in [-0.1, -0.05) is 24.3 Å². The number of hydrogen-bond donors (Lipinski definition) is 1. The minimum absolute atomic E-state index is 0.0712. The molecule has 0 spiro atoms. The quantitative estimate of drug-likeness (QED) is 0.912. The molecule has 1 unspecified atom stereocenters. The first kappa shape index (κ1) is 17.0. The fourth-order valence-corrected chi connectivity index (χ4v) is 3.08. The molecule has 0 saturated carbocycles. The highest BCUT2D eigenvalue weighted by Gasteiger charge is 2.33. The lowest BCUT2D eigenvalue weighted by Gasteiger charge is -2.18. The second-order valence-corrected chi connectivity index (χ2v) is 6.35. The van der Waals surface area contributed by atoms with Crippen LogP contribution in [-0.4, -0.2) is 31.0 Å². The summed E-state index contributed by atoms with van der Waals surface area (Å²) < 4.78 is 5.42. The number of nitrogens with zero attached hydrogens (tertiary/aromatic N) is 1. The van der Waals surface area contributed by atoms with E-state index in [-0.39, 0.29) is 18.4 Å². The molecule has 1 saturated heterocycles. The number of carbonyl (C=O) groups is 2. The summed E-state index contributed by atoms with van der Waals surface area (Å²) >= 11 is 0. The second-order valence-electron chi connectivity index (χ2n) is 6.35. The van der Waals surface area contributed by atoms with Gasteiger partial charge in [-0.25, -0.2) is 0 Å². The number of aryl methyl sites for hydroxylation is 2. The number of para-hydroxylation sites is 1. The van der Waals surface area contributed by atoms with Crippen molar-refractivity contribution in [2.24, 2.45) is 0 Å². The summed E-state index contributed by atoms with van der Waals surface area (Å²) in [6.45, 7) is 4.53. The van der Waals surface area contributed by atoms with Gasteiger partial charge in [0.15, 0.2) is 6.61 Å². The van der Waals surface area contributed by atoms with Gasteiger partial charge >= 0.3 is 0 Å². The van der Waals surface area contributed by atoms with Gasteiger partial charge in [0, 0.05) is 12.2 Å². The molecular formula is C20H22N2O3. The standard InChI is InChI=1S/C20H22N2O3/c1-14-10-15(2)12-16(11-14)22-9-8-18(20(22)24)21-19(23)13-25-17-6-4-3-5-7-17/h3-7,10-12,18H,8-9,13H2,1-2H3,(H,21,23). The summed E-state index contributed by atoms with van der Waals surface area (Å²) in [5.41, 5.74) is 3.12. The highest BCUT2D eigenvalue weighted by atomic mass is 16.5. The van der Waals surface area contributed by atoms with Gasteiger partial charge in [-0.15, -0.1) is 0 Å². The maximum absolute atomic E-state index is 12.6. The van der Waals surface area contributed by atoms with Crippen LogP contribution < -0.4 is 15.0 Å². The zero-order chi connectivity index (χ0) is 17.8. The van der Waals surface area contributed by atoms with E-state index in [1.54, 1.807) is 17.0 Å². The summed E-state index contributed by atoms with van der Waals surface area (Å²) in [5.74, 6) is 0.273. The number of ether oxygens (including phenoxy) is 1. The Morgan fingerprint density at radius 3 is 2.52 bits per heavy atom. The van der Waals surface area contributed by atoms with Gasteiger partial charge in [-0.3, -0.25) is 9.59 Å². The number of nitrogens with one attached hydrogen (secondary N) is 1. The minimum atomic E-state index is -0.493. The van der Waals surface area contributed by atoms with Crippen molar-refractivity contribution in [2.45, 2.75) is 26.3 Å². The molecule has 1 aliphatic heterocycles. The van der Waals surface area contributed by atoms with Crippen LogP contribution in [0.5, 0.6) is 5.75 Å². The van der Waals surface area contributed by atoms with Crippen molar-refractivity contribution in [3.8, 4) is 5.75 Å². The zero-order valence-corrected chi connectivity index (χ0v) is 14.5. The molecule has 1 N–H and O–H groups in total. The molecular weight excluding hydrogens is 316 g/mol. The maximum atomic E-state index is 12.6. The number of carbonyl (C=O) groups excluding carboxylic acids is 2. The lowest BCUT2D eigenvalue weighted by atomic mass is 10.1. The number of amides is 2. The Morgan fingerprint density at radius 2 is 1.84 bits per heavy atom. The number of benzene rings is 2. The molecule has 1 fully saturated rings. The molecule has 2 amide bonds. The lowest BCUT2D eigenvalue weighted by Crippen LogP contribution is -2.43. The topological polar surface area (TPSA) is 58.6 Å². The Kier molecular flexibility index (Phi) is 5.03. The number of hydrogen-bond acceptors (Lipinski definition) is 3. The molecule has 0 bridgehead atoms. The van der Waals surface area contributed by atoms with E-state index in [9.17, 15) is 9.59 Å². The monoisotopic (exact) mass is 338 g/mol. The first-order valence-electron chi connectivity index (χ1n) is 8.40. The van der Waals surface area contributed by atoms with Crippen molar-refractivity contribution in [3.63, 3.8) is 0 Å². The Hall–Kier alpha value is -2.82. The van der Waals surface area contributed by atoms with Crippen LogP contribution in [0, 0.1) is 13.8 Å². The zero-order valence-electron chi connectivity index (χ0n) is 14.5. The molecule has 0 aromatic heterocycles. The van der Waals surface area contributed by atoms with E-state index in [1.165, 1.54) is 0 Å². The van der Waals surface area contributed by atoms with Crippen LogP contribution in [0.1, 0.15) is 17.5 Å². The average Bonchev–Trinajstić information content (AvgIpc) is 2.94. The smallest absolute Gasteiger partial charge is 0.258 e. The van der Waals surface area contributed by atoms with Crippen LogP contribution in [-0.2, 0) is 9.59 Å². The predicted octanol–water partition coefficient (Wildman–Crippen LogP) is 2.60. The average molecular weight is 338 g/mol. The van der Waals surface area contributed by atoms with Gasteiger partial charge < -0.3 is 15.0 Å². The molecule has 5 heteroatoms. The third-order valence-corrected chi connectivity index (χ3v) is 4.17. The molecule has 25 heavy (non-hydrogen) atoms. The normalized spacial score (nSPS) is 16.8. The summed E-state index contributed by atoms with van der Waals surface area (Å²) in [7, 11) is 0. The molecule has 2 aromatic rings. The van der Waals surface area contributed by atoms with E-state index in [4.69, 9.17) is 4.74 Å². The highest BCUT2D eigenvalue weighted by Crippen LogP contribution is 2.24. The molecule has 1 atom stereocenters. The van der Waals surface area contributed by atoms with Gasteiger partial charge in [0.25, 0.3) is 5.91 Å². The number of rotatable bonds is 5. The molecule has 0 aliphatic carbocycles. The van der Waals surface area contributed by atoms with E-state index >= 15 is 0 Å². The van der Waals surface area contributed by atoms with Gasteiger partial charge in [0.05, 0.1) is 0 Å². The summed E-state index contributed by atoms with van der Waals surface area (Å²) in [4.78, 5) is 26.4. The first-order chi connectivity index (χ1) is 12.0. The highest BCUT2D eigenvalue weighted by molar-refractivity contribution is 6.01. The van der Waals surface area contributed by atoms with Crippen LogP contribution in [0.25, 0.3) is 0 Å². The minimum Gasteiger partial charge on any atom is -0.484 e. The molecule has 5 nitrogen and oxygen atoms in total. The van der Waals surface area contributed by atoms with Crippen molar-refractivity contribution in [3.05, 3.63) is 59.7 Å². The molecule has 1 heterocycles. The maximum Gasteiger partial charge on any atom is 0.258 e. The van der Waals surface area contributed by atoms with Crippen molar-refractivity contribution >= 4 is 17.5 Å². The van der Waals surface area contributed by atoms with Crippen LogP contribution in [0.15, 0.2) is 48.5 Å². The summed E-state index contributed by atoms with van der Waals surface area (Å²) in [6.07, 6.45) is 0.600. The van der Waals surface area contributed by atoms with E-state index in [2.05, 4.69) is 11.4 Å². The van der Waals surface area contributed by atoms with Gasteiger partial charge in [0.2, 0.25) is 5.91 Å². The van der Waals surface area contributed by atoms with E-state index in [0.29, 0.717) is 18.7 Å².